The summed E-state index contributed by atoms with van der Waals surface area (Å²) in [5.41, 5.74) is 1.69. The number of piperazine rings is 1. The molecule has 8 nitrogen and oxygen atoms in total. The van der Waals surface area contributed by atoms with E-state index in [4.69, 9.17) is 10.1 Å². The Balaban J connectivity index is 1.36. The van der Waals surface area contributed by atoms with Gasteiger partial charge in [-0.25, -0.2) is 14.2 Å². The number of fused-ring (bicyclic) bond motifs is 1. The fourth-order valence-electron chi connectivity index (χ4n) is 4.57. The quantitative estimate of drug-likeness (QED) is 0.534. The average Bonchev–Trinajstić information content (AvgIpc) is 3.58. The van der Waals surface area contributed by atoms with Crippen LogP contribution in [0, 0.1) is 5.82 Å². The summed E-state index contributed by atoms with van der Waals surface area (Å²) in [7, 11) is 0. The number of aromatic nitrogens is 3. The van der Waals surface area contributed by atoms with Crippen LogP contribution in [-0.4, -0.2) is 63.8 Å². The summed E-state index contributed by atoms with van der Waals surface area (Å²) in [5.74, 6) is 0.620. The fraction of sp³-hybridized carbons (Fsp3) is 0.542. The zero-order chi connectivity index (χ0) is 23.7. The molecule has 1 atom stereocenters. The number of urea groups is 1. The van der Waals surface area contributed by atoms with Crippen molar-refractivity contribution in [3.05, 3.63) is 30.1 Å². The molecule has 2 N–H and O–H groups in total. The van der Waals surface area contributed by atoms with Crippen molar-refractivity contribution in [2.75, 3.05) is 36.4 Å². The number of benzene rings is 1. The molecule has 1 aromatic carbocycles. The monoisotopic (exact) mass is 485 g/mol. The molecule has 2 fully saturated rings. The summed E-state index contributed by atoms with van der Waals surface area (Å²) >= 11 is 1.55. The molecule has 3 aromatic rings. The molecule has 0 spiro atoms. The SMILES string of the molecule is CCC(C)NC(=O)N1CCN(c2nn3c(NC4CCCC4)c(-c4ccc(F)cc4)nc3s2)CC1. The standard InChI is InChI=1S/C24H32FN7OS/c1-3-16(2)26-22(33)30-12-14-31(15-13-30)24-29-32-21(27-19-6-4-5-7-19)20(28-23(32)34-24)17-8-10-18(25)11-9-17/h8-11,16,19,27H,3-7,12-15H2,1-2H3,(H,26,33). The minimum Gasteiger partial charge on any atom is -0.365 e. The van der Waals surface area contributed by atoms with Crippen LogP contribution in [0.15, 0.2) is 24.3 Å². The number of imidazole rings is 1. The second-order valence-corrected chi connectivity index (χ2v) is 10.2. The van der Waals surface area contributed by atoms with Gasteiger partial charge in [-0.15, -0.1) is 5.10 Å². The van der Waals surface area contributed by atoms with Crippen LogP contribution in [0.2, 0.25) is 0 Å². The molecule has 1 aliphatic heterocycles. The van der Waals surface area contributed by atoms with E-state index in [0.29, 0.717) is 19.1 Å². The summed E-state index contributed by atoms with van der Waals surface area (Å²) in [4.78, 5) is 22.3. The number of halogens is 1. The second-order valence-electron chi connectivity index (χ2n) is 9.25. The lowest BCUT2D eigenvalue weighted by molar-refractivity contribution is 0.190. The van der Waals surface area contributed by atoms with Crippen molar-refractivity contribution < 1.29 is 9.18 Å². The van der Waals surface area contributed by atoms with Gasteiger partial charge in [-0.3, -0.25) is 0 Å². The smallest absolute Gasteiger partial charge is 0.317 e. The zero-order valence-electron chi connectivity index (χ0n) is 19.8. The molecular formula is C24H32FN7OS. The second kappa shape index (κ2) is 9.77. The highest BCUT2D eigenvalue weighted by atomic mass is 32.1. The third-order valence-electron chi connectivity index (χ3n) is 6.83. The molecule has 0 bridgehead atoms. The molecule has 2 amide bonds. The summed E-state index contributed by atoms with van der Waals surface area (Å²) in [6, 6.07) is 7.07. The highest BCUT2D eigenvalue weighted by Gasteiger charge is 2.27. The molecule has 1 saturated carbocycles. The molecule has 0 radical (unpaired) electrons. The first-order valence-corrected chi connectivity index (χ1v) is 13.1. The normalized spacial score (nSPS) is 18.0. The molecule has 2 aromatic heterocycles. The van der Waals surface area contributed by atoms with Crippen LogP contribution < -0.4 is 15.5 Å². The van der Waals surface area contributed by atoms with Crippen LogP contribution in [0.1, 0.15) is 46.0 Å². The lowest BCUT2D eigenvalue weighted by atomic mass is 10.1. The minimum atomic E-state index is -0.257. The zero-order valence-corrected chi connectivity index (χ0v) is 20.6. The van der Waals surface area contributed by atoms with E-state index >= 15 is 0 Å². The maximum absolute atomic E-state index is 13.5. The van der Waals surface area contributed by atoms with Gasteiger partial charge in [-0.1, -0.05) is 31.1 Å². The molecule has 5 rings (SSSR count). The first-order valence-electron chi connectivity index (χ1n) is 12.2. The molecule has 182 valence electrons. The Bertz CT molecular complexity index is 1130. The van der Waals surface area contributed by atoms with Gasteiger partial charge >= 0.3 is 6.03 Å². The van der Waals surface area contributed by atoms with Crippen LogP contribution in [0.25, 0.3) is 16.2 Å². The Hall–Kier alpha value is -2.88. The molecule has 34 heavy (non-hydrogen) atoms. The summed E-state index contributed by atoms with van der Waals surface area (Å²) in [6.07, 6.45) is 5.63. The summed E-state index contributed by atoms with van der Waals surface area (Å²) in [6.45, 7) is 6.90. The van der Waals surface area contributed by atoms with E-state index < -0.39 is 0 Å². The van der Waals surface area contributed by atoms with Gasteiger partial charge in [0.25, 0.3) is 0 Å². The number of amides is 2. The maximum atomic E-state index is 13.5. The van der Waals surface area contributed by atoms with Crippen molar-refractivity contribution in [1.82, 2.24) is 24.8 Å². The van der Waals surface area contributed by atoms with Gasteiger partial charge < -0.3 is 20.4 Å². The van der Waals surface area contributed by atoms with Crippen molar-refractivity contribution >= 4 is 33.3 Å². The van der Waals surface area contributed by atoms with E-state index in [9.17, 15) is 9.18 Å². The Morgan fingerprint density at radius 1 is 1.18 bits per heavy atom. The van der Waals surface area contributed by atoms with E-state index in [1.807, 2.05) is 16.3 Å². The molecule has 1 aliphatic carbocycles. The van der Waals surface area contributed by atoms with Gasteiger partial charge in [0.1, 0.15) is 11.5 Å². The van der Waals surface area contributed by atoms with Gasteiger partial charge in [0, 0.05) is 43.8 Å². The van der Waals surface area contributed by atoms with Crippen LogP contribution >= 0.6 is 11.3 Å². The third kappa shape index (κ3) is 4.68. The third-order valence-corrected chi connectivity index (χ3v) is 7.80. The molecule has 3 heterocycles. The number of carbonyl (C=O) groups excluding carboxylic acids is 1. The molecule has 10 heteroatoms. The van der Waals surface area contributed by atoms with E-state index in [2.05, 4.69) is 22.5 Å². The van der Waals surface area contributed by atoms with Crippen molar-refractivity contribution in [3.8, 4) is 11.3 Å². The number of hydrogen-bond donors (Lipinski definition) is 2. The van der Waals surface area contributed by atoms with Gasteiger partial charge in [0.2, 0.25) is 10.1 Å². The lowest BCUT2D eigenvalue weighted by Crippen LogP contribution is -2.53. The van der Waals surface area contributed by atoms with Crippen LogP contribution in [0.3, 0.4) is 0 Å². The predicted molar refractivity (Wildman–Crippen MR) is 134 cm³/mol. The fourth-order valence-corrected chi connectivity index (χ4v) is 5.53. The molecular weight excluding hydrogens is 453 g/mol. The number of rotatable bonds is 6. The van der Waals surface area contributed by atoms with E-state index in [0.717, 1.165) is 59.5 Å². The summed E-state index contributed by atoms with van der Waals surface area (Å²) in [5, 5.41) is 12.6. The lowest BCUT2D eigenvalue weighted by Gasteiger charge is -2.34. The van der Waals surface area contributed by atoms with Crippen molar-refractivity contribution in [2.45, 2.75) is 58.0 Å². The van der Waals surface area contributed by atoms with E-state index in [-0.39, 0.29) is 17.9 Å². The highest BCUT2D eigenvalue weighted by molar-refractivity contribution is 7.20. The Kier molecular flexibility index (Phi) is 6.58. The Morgan fingerprint density at radius 3 is 2.56 bits per heavy atom. The van der Waals surface area contributed by atoms with Crippen molar-refractivity contribution in [2.24, 2.45) is 0 Å². The first kappa shape index (κ1) is 22.9. The number of hydrogen-bond acceptors (Lipinski definition) is 6. The van der Waals surface area contributed by atoms with E-state index in [1.165, 1.54) is 25.0 Å². The highest BCUT2D eigenvalue weighted by Crippen LogP contribution is 2.35. The van der Waals surface area contributed by atoms with Crippen molar-refractivity contribution in [1.29, 1.82) is 0 Å². The number of nitrogens with one attached hydrogen (secondary N) is 2. The number of carbonyl (C=O) groups is 1. The van der Waals surface area contributed by atoms with E-state index in [1.54, 1.807) is 23.5 Å². The number of nitrogens with zero attached hydrogens (tertiary/aromatic N) is 5. The predicted octanol–water partition coefficient (Wildman–Crippen LogP) is 4.58. The molecule has 1 unspecified atom stereocenters. The minimum absolute atomic E-state index is 0.00920. The average molecular weight is 486 g/mol. The van der Waals surface area contributed by atoms with Crippen LogP contribution in [0.4, 0.5) is 20.1 Å². The largest absolute Gasteiger partial charge is 0.365 e. The molecule has 2 aliphatic rings. The van der Waals surface area contributed by atoms with Gasteiger partial charge in [-0.05, 0) is 50.5 Å². The number of anilines is 2. The van der Waals surface area contributed by atoms with Crippen LogP contribution in [-0.2, 0) is 0 Å². The molecule has 1 saturated heterocycles. The topological polar surface area (TPSA) is 77.8 Å². The Labute approximate surface area is 203 Å². The van der Waals surface area contributed by atoms with Gasteiger partial charge in [0.05, 0.1) is 0 Å². The van der Waals surface area contributed by atoms with Crippen molar-refractivity contribution in [3.63, 3.8) is 0 Å². The van der Waals surface area contributed by atoms with Gasteiger partial charge in [-0.2, -0.15) is 4.52 Å². The van der Waals surface area contributed by atoms with Crippen LogP contribution in [0.5, 0.6) is 0 Å². The first-order chi connectivity index (χ1) is 16.5. The maximum Gasteiger partial charge on any atom is 0.317 e. The Morgan fingerprint density at radius 2 is 1.88 bits per heavy atom. The van der Waals surface area contributed by atoms with Gasteiger partial charge in [0.15, 0.2) is 5.82 Å². The summed E-state index contributed by atoms with van der Waals surface area (Å²) < 4.78 is 15.4.